The lowest BCUT2D eigenvalue weighted by Gasteiger charge is -2.30. The summed E-state index contributed by atoms with van der Waals surface area (Å²) in [6.07, 6.45) is 10.6. The van der Waals surface area contributed by atoms with Crippen LogP contribution in [0.25, 0.3) is 11.0 Å². The molecule has 1 amide bonds. The molecule has 0 bridgehead atoms. The van der Waals surface area contributed by atoms with Gasteiger partial charge in [0.15, 0.2) is 5.76 Å². The maximum atomic E-state index is 13.2. The molecule has 164 valence electrons. The highest BCUT2D eigenvalue weighted by Gasteiger charge is 2.30. The second-order valence-corrected chi connectivity index (χ2v) is 10.8. The number of aryl methyl sites for hydroxylation is 1. The molecule has 7 heteroatoms. The fourth-order valence-electron chi connectivity index (χ4n) is 4.88. The fourth-order valence-corrected chi connectivity index (χ4v) is 6.32. The van der Waals surface area contributed by atoms with E-state index in [0.717, 1.165) is 51.4 Å². The van der Waals surface area contributed by atoms with Crippen LogP contribution in [0.5, 0.6) is 0 Å². The lowest BCUT2D eigenvalue weighted by Crippen LogP contribution is -2.38. The summed E-state index contributed by atoms with van der Waals surface area (Å²) in [5.74, 6) is 0.0742. The van der Waals surface area contributed by atoms with Gasteiger partial charge in [-0.3, -0.25) is 4.79 Å². The molecule has 2 saturated carbocycles. The Labute approximate surface area is 179 Å². The zero-order chi connectivity index (χ0) is 21.3. The van der Waals surface area contributed by atoms with Gasteiger partial charge >= 0.3 is 0 Å². The van der Waals surface area contributed by atoms with Crippen molar-refractivity contribution in [1.82, 2.24) is 9.62 Å². The van der Waals surface area contributed by atoms with E-state index in [9.17, 15) is 13.2 Å². The van der Waals surface area contributed by atoms with Crippen molar-refractivity contribution in [3.63, 3.8) is 0 Å². The summed E-state index contributed by atoms with van der Waals surface area (Å²) in [6, 6.07) is 5.16. The van der Waals surface area contributed by atoms with E-state index in [1.54, 1.807) is 25.2 Å². The molecular formula is C23H32N2O4S. The molecule has 2 aliphatic carbocycles. The van der Waals surface area contributed by atoms with Crippen molar-refractivity contribution in [2.75, 3.05) is 7.05 Å². The predicted octanol–water partition coefficient (Wildman–Crippen LogP) is 4.76. The van der Waals surface area contributed by atoms with Gasteiger partial charge in [-0.05, 0) is 50.8 Å². The lowest BCUT2D eigenvalue weighted by atomic mass is 9.95. The standard InChI is InChI=1S/C23H32N2O4S/c1-16-20-15-19(30(27,28)25(2)18-11-7-4-8-12-18)13-14-21(20)29-22(16)23(26)24-17-9-5-3-6-10-17/h13-15,17-18H,3-12H2,1-2H3,(H,24,26). The molecule has 0 saturated heterocycles. The molecule has 0 unspecified atom stereocenters. The minimum absolute atomic E-state index is 0.0572. The van der Waals surface area contributed by atoms with Gasteiger partial charge in [-0.25, -0.2) is 8.42 Å². The summed E-state index contributed by atoms with van der Waals surface area (Å²) in [7, 11) is -1.91. The summed E-state index contributed by atoms with van der Waals surface area (Å²) in [6.45, 7) is 1.82. The Kier molecular flexibility index (Phi) is 6.21. The third kappa shape index (κ3) is 4.14. The van der Waals surface area contributed by atoms with Crippen molar-refractivity contribution < 1.29 is 17.6 Å². The van der Waals surface area contributed by atoms with Crippen LogP contribution in [0.2, 0.25) is 0 Å². The summed E-state index contributed by atoms with van der Waals surface area (Å²) in [5, 5.41) is 3.77. The van der Waals surface area contributed by atoms with Gasteiger partial charge in [-0.15, -0.1) is 0 Å². The molecule has 1 aromatic heterocycles. The van der Waals surface area contributed by atoms with E-state index in [0.29, 0.717) is 16.5 Å². The van der Waals surface area contributed by atoms with E-state index in [1.165, 1.54) is 17.1 Å². The van der Waals surface area contributed by atoms with Crippen LogP contribution in [-0.4, -0.2) is 37.8 Å². The Morgan fingerprint density at radius 3 is 2.33 bits per heavy atom. The number of hydrogen-bond donors (Lipinski definition) is 1. The monoisotopic (exact) mass is 432 g/mol. The Morgan fingerprint density at radius 1 is 1.03 bits per heavy atom. The number of benzene rings is 1. The van der Waals surface area contributed by atoms with Crippen LogP contribution in [0.1, 0.15) is 80.3 Å². The van der Waals surface area contributed by atoms with Crippen LogP contribution in [0.4, 0.5) is 0 Å². The number of nitrogens with one attached hydrogen (secondary N) is 1. The summed E-state index contributed by atoms with van der Waals surface area (Å²) < 4.78 is 33.8. The molecule has 1 N–H and O–H groups in total. The third-order valence-corrected chi connectivity index (χ3v) is 8.73. The first-order valence-electron chi connectivity index (χ1n) is 11.2. The number of sulfonamides is 1. The van der Waals surface area contributed by atoms with Crippen LogP contribution in [0.15, 0.2) is 27.5 Å². The SMILES string of the molecule is Cc1c(C(=O)NC2CCCCC2)oc2ccc(S(=O)(=O)N(C)C3CCCCC3)cc12. The number of hydrogen-bond acceptors (Lipinski definition) is 4. The molecule has 0 atom stereocenters. The molecule has 4 rings (SSSR count). The van der Waals surface area contributed by atoms with Gasteiger partial charge in [0.1, 0.15) is 5.58 Å². The van der Waals surface area contributed by atoms with Crippen molar-refractivity contribution in [2.45, 2.75) is 88.1 Å². The first-order valence-corrected chi connectivity index (χ1v) is 12.6. The average molecular weight is 433 g/mol. The summed E-state index contributed by atoms with van der Waals surface area (Å²) in [4.78, 5) is 13.0. The quantitative estimate of drug-likeness (QED) is 0.739. The van der Waals surface area contributed by atoms with Crippen LogP contribution in [0, 0.1) is 6.92 Å². The number of fused-ring (bicyclic) bond motifs is 1. The van der Waals surface area contributed by atoms with E-state index in [-0.39, 0.29) is 28.6 Å². The largest absolute Gasteiger partial charge is 0.451 e. The number of furan rings is 1. The second-order valence-electron chi connectivity index (χ2n) is 8.84. The molecule has 0 radical (unpaired) electrons. The van der Waals surface area contributed by atoms with Gasteiger partial charge in [0.2, 0.25) is 10.0 Å². The van der Waals surface area contributed by atoms with Crippen molar-refractivity contribution in [3.05, 3.63) is 29.5 Å². The highest BCUT2D eigenvalue weighted by atomic mass is 32.2. The van der Waals surface area contributed by atoms with Crippen LogP contribution in [0.3, 0.4) is 0 Å². The van der Waals surface area contributed by atoms with Gasteiger partial charge < -0.3 is 9.73 Å². The smallest absolute Gasteiger partial charge is 0.287 e. The molecule has 1 aromatic carbocycles. The van der Waals surface area contributed by atoms with E-state index >= 15 is 0 Å². The molecule has 1 heterocycles. The van der Waals surface area contributed by atoms with Crippen LogP contribution >= 0.6 is 0 Å². The van der Waals surface area contributed by atoms with Gasteiger partial charge in [0.05, 0.1) is 4.90 Å². The van der Waals surface area contributed by atoms with Crippen molar-refractivity contribution in [3.8, 4) is 0 Å². The predicted molar refractivity (Wildman–Crippen MR) is 117 cm³/mol. The average Bonchev–Trinajstić information content (AvgIpc) is 3.10. The third-order valence-electron chi connectivity index (χ3n) is 6.82. The maximum Gasteiger partial charge on any atom is 0.287 e. The molecule has 6 nitrogen and oxygen atoms in total. The fraction of sp³-hybridized carbons (Fsp3) is 0.609. The van der Waals surface area contributed by atoms with Crippen LogP contribution < -0.4 is 5.32 Å². The van der Waals surface area contributed by atoms with E-state index < -0.39 is 10.0 Å². The maximum absolute atomic E-state index is 13.2. The van der Waals surface area contributed by atoms with Gasteiger partial charge in [0, 0.05) is 30.1 Å². The first kappa shape index (κ1) is 21.4. The normalized spacial score (nSPS) is 19.4. The molecule has 2 fully saturated rings. The lowest BCUT2D eigenvalue weighted by molar-refractivity contribution is 0.0901. The van der Waals surface area contributed by atoms with Crippen LogP contribution in [-0.2, 0) is 10.0 Å². The second kappa shape index (κ2) is 8.71. The highest BCUT2D eigenvalue weighted by molar-refractivity contribution is 7.89. The van der Waals surface area contributed by atoms with Gasteiger partial charge in [-0.2, -0.15) is 4.31 Å². The number of carbonyl (C=O) groups excluding carboxylic acids is 1. The van der Waals surface area contributed by atoms with E-state index in [4.69, 9.17) is 4.42 Å². The zero-order valence-corrected chi connectivity index (χ0v) is 18.8. The number of nitrogens with zero attached hydrogens (tertiary/aromatic N) is 1. The Bertz CT molecular complexity index is 1020. The molecule has 0 aliphatic heterocycles. The van der Waals surface area contributed by atoms with Crippen molar-refractivity contribution in [1.29, 1.82) is 0 Å². The minimum atomic E-state index is -3.59. The molecule has 2 aromatic rings. The number of carbonyl (C=O) groups is 1. The Hall–Kier alpha value is -1.86. The Balaban J connectivity index is 1.59. The molecule has 30 heavy (non-hydrogen) atoms. The van der Waals surface area contributed by atoms with Crippen molar-refractivity contribution >= 4 is 26.9 Å². The van der Waals surface area contributed by atoms with E-state index in [2.05, 4.69) is 5.32 Å². The van der Waals surface area contributed by atoms with Gasteiger partial charge in [-0.1, -0.05) is 38.5 Å². The van der Waals surface area contributed by atoms with Crippen molar-refractivity contribution in [2.24, 2.45) is 0 Å². The summed E-state index contributed by atoms with van der Waals surface area (Å²) >= 11 is 0. The number of amides is 1. The highest BCUT2D eigenvalue weighted by Crippen LogP contribution is 2.31. The first-order chi connectivity index (χ1) is 14.4. The van der Waals surface area contributed by atoms with E-state index in [1.807, 2.05) is 6.92 Å². The molecule has 2 aliphatic rings. The van der Waals surface area contributed by atoms with Gasteiger partial charge in [0.25, 0.3) is 5.91 Å². The summed E-state index contributed by atoms with van der Waals surface area (Å²) in [5.41, 5.74) is 1.23. The molecular weight excluding hydrogens is 400 g/mol. The topological polar surface area (TPSA) is 79.6 Å². The molecule has 0 spiro atoms. The zero-order valence-electron chi connectivity index (χ0n) is 17.9. The number of rotatable bonds is 5. The minimum Gasteiger partial charge on any atom is -0.451 e. The Morgan fingerprint density at radius 2 is 1.67 bits per heavy atom.